The summed E-state index contributed by atoms with van der Waals surface area (Å²) in [5.74, 6) is 0.538. The molecule has 1 saturated heterocycles. The Bertz CT molecular complexity index is 634. The quantitative estimate of drug-likeness (QED) is 0.932. The van der Waals surface area contributed by atoms with Crippen LogP contribution in [0.25, 0.3) is 5.82 Å². The first kappa shape index (κ1) is 15.6. The van der Waals surface area contributed by atoms with Gasteiger partial charge in [0.25, 0.3) is 0 Å². The van der Waals surface area contributed by atoms with Crippen LogP contribution in [0.15, 0.2) is 31.0 Å². The van der Waals surface area contributed by atoms with E-state index in [0.29, 0.717) is 11.5 Å². The van der Waals surface area contributed by atoms with Crippen molar-refractivity contribution in [2.45, 2.75) is 38.6 Å². The molecule has 1 atom stereocenters. The number of nitrogens with zero attached hydrogens (tertiary/aromatic N) is 5. The molecule has 1 N–H and O–H groups in total. The maximum Gasteiger partial charge on any atom is 0.241 e. The van der Waals surface area contributed by atoms with Crippen molar-refractivity contribution in [3.05, 3.63) is 31.0 Å². The third-order valence-electron chi connectivity index (χ3n) is 4.24. The van der Waals surface area contributed by atoms with Crippen molar-refractivity contribution in [1.82, 2.24) is 24.6 Å². The maximum absolute atomic E-state index is 12.6. The van der Waals surface area contributed by atoms with Gasteiger partial charge in [-0.3, -0.25) is 9.69 Å². The van der Waals surface area contributed by atoms with E-state index in [9.17, 15) is 4.79 Å². The van der Waals surface area contributed by atoms with Crippen LogP contribution < -0.4 is 5.32 Å². The van der Waals surface area contributed by atoms with E-state index in [0.717, 1.165) is 25.9 Å². The molecule has 7 nitrogen and oxygen atoms in total. The van der Waals surface area contributed by atoms with Gasteiger partial charge in [0.2, 0.25) is 5.91 Å². The van der Waals surface area contributed by atoms with Crippen LogP contribution in [-0.4, -0.2) is 49.7 Å². The van der Waals surface area contributed by atoms with Gasteiger partial charge in [-0.15, -0.1) is 0 Å². The minimum Gasteiger partial charge on any atom is -0.320 e. The number of nitrogens with one attached hydrogen (secondary N) is 1. The molecular formula is C16H22N6O. The summed E-state index contributed by atoms with van der Waals surface area (Å²) in [5, 5.41) is 7.12. The van der Waals surface area contributed by atoms with E-state index in [2.05, 4.69) is 25.3 Å². The summed E-state index contributed by atoms with van der Waals surface area (Å²) >= 11 is 0. The van der Waals surface area contributed by atoms with E-state index in [1.165, 1.54) is 19.2 Å². The Morgan fingerprint density at radius 1 is 1.26 bits per heavy atom. The van der Waals surface area contributed by atoms with Crippen LogP contribution in [0, 0.1) is 0 Å². The van der Waals surface area contributed by atoms with Gasteiger partial charge in [0.15, 0.2) is 5.82 Å². The molecule has 0 radical (unpaired) electrons. The molecule has 0 aromatic carbocycles. The standard InChI is InChI=1S/C16H22N6O/c1-13(21-8-4-2-3-5-9-21)16(23)20-14-11-17-12-18-15(14)22-10-6-7-19-22/h6-7,10-13H,2-5,8-9H2,1H3,(H,20,23). The Morgan fingerprint density at radius 3 is 2.74 bits per heavy atom. The fourth-order valence-corrected chi connectivity index (χ4v) is 2.87. The maximum atomic E-state index is 12.6. The molecule has 0 saturated carbocycles. The predicted octanol–water partition coefficient (Wildman–Crippen LogP) is 1.87. The summed E-state index contributed by atoms with van der Waals surface area (Å²) in [6, 6.07) is 1.65. The number of hydrogen-bond donors (Lipinski definition) is 1. The number of rotatable bonds is 4. The molecule has 2 aromatic rings. The highest BCUT2D eigenvalue weighted by molar-refractivity contribution is 5.95. The summed E-state index contributed by atoms with van der Waals surface area (Å²) < 4.78 is 1.62. The van der Waals surface area contributed by atoms with E-state index >= 15 is 0 Å². The summed E-state index contributed by atoms with van der Waals surface area (Å²) in [5.41, 5.74) is 0.572. The lowest BCUT2D eigenvalue weighted by Gasteiger charge is -2.26. The third-order valence-corrected chi connectivity index (χ3v) is 4.24. The first-order valence-corrected chi connectivity index (χ1v) is 8.10. The molecule has 7 heteroatoms. The Morgan fingerprint density at radius 2 is 2.04 bits per heavy atom. The van der Waals surface area contributed by atoms with Crippen molar-refractivity contribution in [3.8, 4) is 5.82 Å². The second kappa shape index (κ2) is 7.32. The van der Waals surface area contributed by atoms with Gasteiger partial charge in [-0.25, -0.2) is 14.6 Å². The van der Waals surface area contributed by atoms with Crippen molar-refractivity contribution in [2.24, 2.45) is 0 Å². The van der Waals surface area contributed by atoms with Crippen LogP contribution in [0.3, 0.4) is 0 Å². The van der Waals surface area contributed by atoms with Crippen LogP contribution in [0.1, 0.15) is 32.6 Å². The molecule has 23 heavy (non-hydrogen) atoms. The topological polar surface area (TPSA) is 75.9 Å². The van der Waals surface area contributed by atoms with Crippen molar-refractivity contribution in [2.75, 3.05) is 18.4 Å². The van der Waals surface area contributed by atoms with Crippen LogP contribution >= 0.6 is 0 Å². The van der Waals surface area contributed by atoms with Crippen LogP contribution in [0.5, 0.6) is 0 Å². The smallest absolute Gasteiger partial charge is 0.241 e. The molecule has 1 aliphatic heterocycles. The van der Waals surface area contributed by atoms with Gasteiger partial charge in [-0.05, 0) is 38.9 Å². The van der Waals surface area contributed by atoms with Gasteiger partial charge in [0, 0.05) is 12.4 Å². The van der Waals surface area contributed by atoms with Crippen molar-refractivity contribution < 1.29 is 4.79 Å². The van der Waals surface area contributed by atoms with E-state index in [1.54, 1.807) is 23.3 Å². The Hall–Kier alpha value is -2.28. The highest BCUT2D eigenvalue weighted by atomic mass is 16.2. The molecule has 0 aliphatic carbocycles. The molecule has 122 valence electrons. The van der Waals surface area contributed by atoms with Gasteiger partial charge < -0.3 is 5.32 Å². The fourth-order valence-electron chi connectivity index (χ4n) is 2.87. The predicted molar refractivity (Wildman–Crippen MR) is 87.3 cm³/mol. The number of amides is 1. The normalized spacial score (nSPS) is 17.4. The number of carbonyl (C=O) groups is 1. The van der Waals surface area contributed by atoms with Crippen molar-refractivity contribution in [3.63, 3.8) is 0 Å². The first-order valence-electron chi connectivity index (χ1n) is 8.10. The highest BCUT2D eigenvalue weighted by Crippen LogP contribution is 2.17. The Kier molecular flexibility index (Phi) is 4.97. The molecule has 1 amide bonds. The first-order chi connectivity index (χ1) is 11.3. The largest absolute Gasteiger partial charge is 0.320 e. The average molecular weight is 314 g/mol. The Labute approximate surface area is 135 Å². The van der Waals surface area contributed by atoms with Gasteiger partial charge in [0.05, 0.1) is 12.2 Å². The number of anilines is 1. The molecular weight excluding hydrogens is 292 g/mol. The summed E-state index contributed by atoms with van der Waals surface area (Å²) in [6.45, 7) is 3.91. The van der Waals surface area contributed by atoms with E-state index in [4.69, 9.17) is 0 Å². The molecule has 0 bridgehead atoms. The van der Waals surface area contributed by atoms with Gasteiger partial charge in [0.1, 0.15) is 12.0 Å². The number of hydrogen-bond acceptors (Lipinski definition) is 5. The molecule has 3 rings (SSSR count). The monoisotopic (exact) mass is 314 g/mol. The average Bonchev–Trinajstić information content (AvgIpc) is 2.97. The number of likely N-dealkylation sites (tertiary alicyclic amines) is 1. The lowest BCUT2D eigenvalue weighted by Crippen LogP contribution is -2.42. The SMILES string of the molecule is CC(C(=O)Nc1cncnc1-n1cccn1)N1CCCCCC1. The molecule has 1 unspecified atom stereocenters. The van der Waals surface area contributed by atoms with Crippen molar-refractivity contribution >= 4 is 11.6 Å². The molecule has 2 aromatic heterocycles. The fraction of sp³-hybridized carbons (Fsp3) is 0.500. The molecule has 0 spiro atoms. The minimum absolute atomic E-state index is 0.0323. The Balaban J connectivity index is 1.72. The lowest BCUT2D eigenvalue weighted by molar-refractivity contribution is -0.120. The van der Waals surface area contributed by atoms with Crippen molar-refractivity contribution in [1.29, 1.82) is 0 Å². The highest BCUT2D eigenvalue weighted by Gasteiger charge is 2.23. The van der Waals surface area contributed by atoms with Gasteiger partial charge in [-0.1, -0.05) is 12.8 Å². The summed E-state index contributed by atoms with van der Waals surface area (Å²) in [6.07, 6.45) is 11.3. The van der Waals surface area contributed by atoms with Gasteiger partial charge in [-0.2, -0.15) is 5.10 Å². The van der Waals surface area contributed by atoms with Crippen LogP contribution in [0.2, 0.25) is 0 Å². The van der Waals surface area contributed by atoms with Gasteiger partial charge >= 0.3 is 0 Å². The zero-order chi connectivity index (χ0) is 16.1. The third kappa shape index (κ3) is 3.73. The van der Waals surface area contributed by atoms with Crippen LogP contribution in [0.4, 0.5) is 5.69 Å². The zero-order valence-corrected chi connectivity index (χ0v) is 13.4. The number of aromatic nitrogens is 4. The van der Waals surface area contributed by atoms with E-state index in [1.807, 2.05) is 13.0 Å². The summed E-state index contributed by atoms with van der Waals surface area (Å²) in [4.78, 5) is 23.1. The number of carbonyl (C=O) groups excluding carboxylic acids is 1. The van der Waals surface area contributed by atoms with E-state index < -0.39 is 0 Å². The minimum atomic E-state index is -0.168. The van der Waals surface area contributed by atoms with Crippen LogP contribution in [-0.2, 0) is 4.79 Å². The lowest BCUT2D eigenvalue weighted by atomic mass is 10.2. The second-order valence-electron chi connectivity index (χ2n) is 5.83. The molecule has 3 heterocycles. The molecule has 1 aliphatic rings. The molecule has 1 fully saturated rings. The zero-order valence-electron chi connectivity index (χ0n) is 13.4. The summed E-state index contributed by atoms with van der Waals surface area (Å²) in [7, 11) is 0. The van der Waals surface area contributed by atoms with E-state index in [-0.39, 0.29) is 11.9 Å². The second-order valence-corrected chi connectivity index (χ2v) is 5.83.